The van der Waals surface area contributed by atoms with Crippen LogP contribution < -0.4 is 5.32 Å². The quantitative estimate of drug-likeness (QED) is 0.576. The number of hydrogen-bond acceptors (Lipinski definition) is 5. The monoisotopic (exact) mass is 400 g/mol. The Hall–Kier alpha value is -2.12. The molecule has 0 saturated heterocycles. The molecule has 3 aromatic rings. The highest BCUT2D eigenvalue weighted by molar-refractivity contribution is 7.99. The third-order valence-corrected chi connectivity index (χ3v) is 6.26. The van der Waals surface area contributed by atoms with Crippen LogP contribution in [0.1, 0.15) is 29.3 Å². The molecule has 2 heterocycles. The number of aryl methyl sites for hydroxylation is 3. The van der Waals surface area contributed by atoms with Crippen LogP contribution in [0.5, 0.6) is 0 Å². The number of hydrogen-bond donors (Lipinski definition) is 1. The zero-order valence-electron chi connectivity index (χ0n) is 16.1. The fourth-order valence-electron chi connectivity index (χ4n) is 2.75. The molecule has 1 aromatic carbocycles. The number of nitrogens with one attached hydrogen (secondary N) is 1. The van der Waals surface area contributed by atoms with E-state index in [1.807, 2.05) is 43.7 Å². The van der Waals surface area contributed by atoms with Gasteiger partial charge in [0.05, 0.1) is 5.75 Å². The second-order valence-corrected chi connectivity index (χ2v) is 8.51. The highest BCUT2D eigenvalue weighted by atomic mass is 32.2. The summed E-state index contributed by atoms with van der Waals surface area (Å²) in [5.74, 6) is 1.09. The van der Waals surface area contributed by atoms with Crippen LogP contribution in [0.25, 0.3) is 11.4 Å². The highest BCUT2D eigenvalue weighted by Gasteiger charge is 2.14. The number of nitrogens with zero attached hydrogens (tertiary/aromatic N) is 3. The van der Waals surface area contributed by atoms with E-state index in [2.05, 4.69) is 33.9 Å². The Kier molecular flexibility index (Phi) is 6.34. The fraction of sp³-hybridized carbons (Fsp3) is 0.350. The summed E-state index contributed by atoms with van der Waals surface area (Å²) in [5.41, 5.74) is 4.13. The Balaban J connectivity index is 1.63. The largest absolute Gasteiger partial charge is 0.325 e. The van der Waals surface area contributed by atoms with E-state index in [4.69, 9.17) is 0 Å². The van der Waals surface area contributed by atoms with Crippen molar-refractivity contribution in [2.75, 3.05) is 11.1 Å². The van der Waals surface area contributed by atoms with Gasteiger partial charge >= 0.3 is 0 Å². The first kappa shape index (κ1) is 19.6. The number of amides is 1. The van der Waals surface area contributed by atoms with E-state index in [1.165, 1.54) is 16.6 Å². The van der Waals surface area contributed by atoms with Crippen molar-refractivity contribution < 1.29 is 4.79 Å². The van der Waals surface area contributed by atoms with Crippen molar-refractivity contribution in [3.05, 3.63) is 45.6 Å². The predicted octanol–water partition coefficient (Wildman–Crippen LogP) is 4.84. The first-order valence-electron chi connectivity index (χ1n) is 8.95. The first-order valence-corrected chi connectivity index (χ1v) is 10.8. The van der Waals surface area contributed by atoms with E-state index >= 15 is 0 Å². The van der Waals surface area contributed by atoms with Crippen LogP contribution in [-0.2, 0) is 18.3 Å². The van der Waals surface area contributed by atoms with Gasteiger partial charge in [-0.05, 0) is 43.5 Å². The van der Waals surface area contributed by atoms with Crippen LogP contribution in [0.15, 0.2) is 34.8 Å². The van der Waals surface area contributed by atoms with Crippen molar-refractivity contribution >= 4 is 34.7 Å². The minimum Gasteiger partial charge on any atom is -0.325 e. The third-order valence-electron chi connectivity index (χ3n) is 4.24. The summed E-state index contributed by atoms with van der Waals surface area (Å²) in [4.78, 5) is 13.7. The lowest BCUT2D eigenvalue weighted by Gasteiger charge is -2.09. The average Bonchev–Trinajstić information content (AvgIpc) is 3.23. The molecular formula is C20H24N4OS2. The molecule has 0 bridgehead atoms. The van der Waals surface area contributed by atoms with Crippen molar-refractivity contribution in [1.82, 2.24) is 14.8 Å². The van der Waals surface area contributed by atoms with E-state index in [-0.39, 0.29) is 5.91 Å². The van der Waals surface area contributed by atoms with Crippen LogP contribution >= 0.6 is 23.1 Å². The summed E-state index contributed by atoms with van der Waals surface area (Å²) < 4.78 is 1.95. The Bertz CT molecular complexity index is 945. The third kappa shape index (κ3) is 4.78. The molecule has 0 spiro atoms. The molecule has 0 aliphatic rings. The predicted molar refractivity (Wildman–Crippen MR) is 114 cm³/mol. The van der Waals surface area contributed by atoms with Crippen molar-refractivity contribution in [3.63, 3.8) is 0 Å². The van der Waals surface area contributed by atoms with Gasteiger partial charge in [-0.25, -0.2) is 0 Å². The lowest BCUT2D eigenvalue weighted by Crippen LogP contribution is -2.15. The summed E-state index contributed by atoms with van der Waals surface area (Å²) >= 11 is 3.15. The van der Waals surface area contributed by atoms with Gasteiger partial charge in [0.25, 0.3) is 0 Å². The van der Waals surface area contributed by atoms with Crippen LogP contribution in [-0.4, -0.2) is 26.4 Å². The van der Waals surface area contributed by atoms with E-state index in [9.17, 15) is 4.79 Å². The van der Waals surface area contributed by atoms with Crippen LogP contribution in [0, 0.1) is 13.8 Å². The molecule has 1 N–H and O–H groups in total. The summed E-state index contributed by atoms with van der Waals surface area (Å²) in [6.45, 7) is 6.19. The van der Waals surface area contributed by atoms with Gasteiger partial charge in [0.1, 0.15) is 0 Å². The molecule has 0 fully saturated rings. The lowest BCUT2D eigenvalue weighted by atomic mass is 10.1. The molecule has 142 valence electrons. The van der Waals surface area contributed by atoms with Crippen molar-refractivity contribution in [1.29, 1.82) is 0 Å². The molecule has 0 atom stereocenters. The van der Waals surface area contributed by atoms with Gasteiger partial charge in [-0.3, -0.25) is 4.79 Å². The molecule has 7 heteroatoms. The summed E-state index contributed by atoms with van der Waals surface area (Å²) in [6.07, 6.45) is 2.22. The smallest absolute Gasteiger partial charge is 0.234 e. The van der Waals surface area contributed by atoms with Gasteiger partial charge in [0, 0.05) is 28.6 Å². The van der Waals surface area contributed by atoms with Gasteiger partial charge in [-0.15, -0.1) is 21.5 Å². The average molecular weight is 401 g/mol. The van der Waals surface area contributed by atoms with Crippen LogP contribution in [0.3, 0.4) is 0 Å². The zero-order valence-corrected chi connectivity index (χ0v) is 17.7. The van der Waals surface area contributed by atoms with E-state index in [0.29, 0.717) is 5.75 Å². The molecule has 0 aliphatic carbocycles. The number of aromatic nitrogens is 3. The van der Waals surface area contributed by atoms with Crippen molar-refractivity contribution in [2.45, 2.75) is 38.8 Å². The topological polar surface area (TPSA) is 59.8 Å². The molecule has 2 aromatic heterocycles. The number of thioether (sulfide) groups is 1. The molecule has 0 saturated carbocycles. The zero-order chi connectivity index (χ0) is 19.4. The molecule has 5 nitrogen and oxygen atoms in total. The summed E-state index contributed by atoms with van der Waals surface area (Å²) in [7, 11) is 1.94. The molecule has 0 unspecified atom stereocenters. The van der Waals surface area contributed by atoms with Gasteiger partial charge in [-0.2, -0.15) is 0 Å². The molecular weight excluding hydrogens is 376 g/mol. The molecule has 0 aliphatic heterocycles. The fourth-order valence-corrected chi connectivity index (χ4v) is 4.43. The molecule has 3 rings (SSSR count). The second kappa shape index (κ2) is 8.71. The Morgan fingerprint density at radius 3 is 2.85 bits per heavy atom. The van der Waals surface area contributed by atoms with E-state index in [0.717, 1.165) is 46.2 Å². The van der Waals surface area contributed by atoms with Crippen molar-refractivity contribution in [2.24, 2.45) is 7.05 Å². The summed E-state index contributed by atoms with van der Waals surface area (Å²) in [5, 5.41) is 14.4. The Morgan fingerprint density at radius 1 is 1.26 bits per heavy atom. The number of carbonyl (C=O) groups is 1. The van der Waals surface area contributed by atoms with Gasteiger partial charge < -0.3 is 9.88 Å². The van der Waals surface area contributed by atoms with Crippen LogP contribution in [0.2, 0.25) is 0 Å². The molecule has 0 radical (unpaired) electrons. The lowest BCUT2D eigenvalue weighted by molar-refractivity contribution is -0.113. The number of anilines is 1. The number of rotatable bonds is 7. The maximum absolute atomic E-state index is 12.3. The SMILES string of the molecule is CCCc1cc(-c2nnc(SCC(=O)Nc3cc(C)ccc3C)n2C)cs1. The minimum absolute atomic E-state index is 0.0426. The van der Waals surface area contributed by atoms with Crippen molar-refractivity contribution in [3.8, 4) is 11.4 Å². The maximum atomic E-state index is 12.3. The molecule has 1 amide bonds. The Morgan fingerprint density at radius 2 is 2.07 bits per heavy atom. The number of carbonyl (C=O) groups excluding carboxylic acids is 1. The number of thiophene rings is 1. The normalized spacial score (nSPS) is 11.0. The standard InChI is InChI=1S/C20H24N4OS2/c1-5-6-16-10-15(11-26-16)19-22-23-20(24(19)4)27-12-18(25)21-17-9-13(2)7-8-14(17)3/h7-11H,5-6,12H2,1-4H3,(H,21,25). The van der Waals surface area contributed by atoms with Crippen LogP contribution in [0.4, 0.5) is 5.69 Å². The second-order valence-electron chi connectivity index (χ2n) is 6.57. The van der Waals surface area contributed by atoms with Gasteiger partial charge in [-0.1, -0.05) is 37.2 Å². The van der Waals surface area contributed by atoms with Gasteiger partial charge in [0.15, 0.2) is 11.0 Å². The Labute approximate surface area is 168 Å². The highest BCUT2D eigenvalue weighted by Crippen LogP contribution is 2.27. The van der Waals surface area contributed by atoms with E-state index < -0.39 is 0 Å². The maximum Gasteiger partial charge on any atom is 0.234 e. The summed E-state index contributed by atoms with van der Waals surface area (Å²) in [6, 6.07) is 8.22. The van der Waals surface area contributed by atoms with E-state index in [1.54, 1.807) is 11.3 Å². The van der Waals surface area contributed by atoms with Gasteiger partial charge in [0.2, 0.25) is 5.91 Å². The first-order chi connectivity index (χ1) is 13.0. The number of benzene rings is 1. The molecule has 27 heavy (non-hydrogen) atoms. The minimum atomic E-state index is -0.0426.